The molecule has 1 saturated heterocycles. The molecule has 0 radical (unpaired) electrons. The van der Waals surface area contributed by atoms with Gasteiger partial charge in [-0.05, 0) is 51.1 Å². The van der Waals surface area contributed by atoms with E-state index in [9.17, 15) is 4.79 Å². The van der Waals surface area contributed by atoms with Crippen molar-refractivity contribution in [3.63, 3.8) is 0 Å². The molecule has 2 aromatic rings. The van der Waals surface area contributed by atoms with E-state index in [0.717, 1.165) is 28.3 Å². The van der Waals surface area contributed by atoms with Crippen LogP contribution in [0.15, 0.2) is 39.5 Å². The SMILES string of the molecule is O=C1NCCN1c1cccc(NCc2csc(Br)c2)c1. The average molecular weight is 352 g/mol. The summed E-state index contributed by atoms with van der Waals surface area (Å²) in [5.41, 5.74) is 3.19. The summed E-state index contributed by atoms with van der Waals surface area (Å²) in [5, 5.41) is 8.31. The fourth-order valence-electron chi connectivity index (χ4n) is 2.14. The number of nitrogens with zero attached hydrogens (tertiary/aromatic N) is 1. The Morgan fingerprint density at radius 2 is 2.30 bits per heavy atom. The highest BCUT2D eigenvalue weighted by Gasteiger charge is 2.20. The maximum absolute atomic E-state index is 11.7. The third-order valence-electron chi connectivity index (χ3n) is 3.13. The zero-order valence-corrected chi connectivity index (χ0v) is 13.1. The van der Waals surface area contributed by atoms with E-state index in [4.69, 9.17) is 0 Å². The van der Waals surface area contributed by atoms with Gasteiger partial charge in [0.25, 0.3) is 0 Å². The molecule has 0 spiro atoms. The lowest BCUT2D eigenvalue weighted by atomic mass is 10.2. The maximum Gasteiger partial charge on any atom is 0.321 e. The number of hydrogen-bond acceptors (Lipinski definition) is 3. The summed E-state index contributed by atoms with van der Waals surface area (Å²) in [5.74, 6) is 0. The molecule has 2 heterocycles. The molecule has 1 aliphatic rings. The van der Waals surface area contributed by atoms with Gasteiger partial charge < -0.3 is 10.6 Å². The van der Waals surface area contributed by atoms with Gasteiger partial charge in [0.05, 0.1) is 3.79 Å². The minimum Gasteiger partial charge on any atom is -0.381 e. The number of anilines is 2. The highest BCUT2D eigenvalue weighted by Crippen LogP contribution is 2.23. The molecule has 0 saturated carbocycles. The summed E-state index contributed by atoms with van der Waals surface area (Å²) in [7, 11) is 0. The number of nitrogens with one attached hydrogen (secondary N) is 2. The molecule has 2 N–H and O–H groups in total. The summed E-state index contributed by atoms with van der Waals surface area (Å²) in [6, 6.07) is 10.0. The molecule has 6 heteroatoms. The lowest BCUT2D eigenvalue weighted by Gasteiger charge is -2.15. The van der Waals surface area contributed by atoms with E-state index in [1.54, 1.807) is 16.2 Å². The van der Waals surface area contributed by atoms with Gasteiger partial charge in [-0.15, -0.1) is 11.3 Å². The Morgan fingerprint density at radius 1 is 1.40 bits per heavy atom. The standard InChI is InChI=1S/C14H14BrN3OS/c15-13-6-10(9-20-13)8-17-11-2-1-3-12(7-11)18-5-4-16-14(18)19/h1-3,6-7,9,17H,4-5,8H2,(H,16,19). The smallest absolute Gasteiger partial charge is 0.321 e. The number of rotatable bonds is 4. The molecule has 0 atom stereocenters. The van der Waals surface area contributed by atoms with Crippen LogP contribution in [0.5, 0.6) is 0 Å². The summed E-state index contributed by atoms with van der Waals surface area (Å²) in [6.45, 7) is 2.21. The van der Waals surface area contributed by atoms with Gasteiger partial charge >= 0.3 is 6.03 Å². The van der Waals surface area contributed by atoms with Crippen LogP contribution < -0.4 is 15.5 Å². The first-order chi connectivity index (χ1) is 9.72. The number of benzene rings is 1. The van der Waals surface area contributed by atoms with Crippen molar-refractivity contribution in [1.29, 1.82) is 0 Å². The van der Waals surface area contributed by atoms with E-state index in [-0.39, 0.29) is 6.03 Å². The molecular weight excluding hydrogens is 338 g/mol. The number of amides is 2. The van der Waals surface area contributed by atoms with E-state index in [1.165, 1.54) is 5.56 Å². The van der Waals surface area contributed by atoms with Crippen molar-refractivity contribution in [3.8, 4) is 0 Å². The van der Waals surface area contributed by atoms with Crippen LogP contribution in [0.25, 0.3) is 0 Å². The predicted octanol–water partition coefficient (Wildman–Crippen LogP) is 3.65. The highest BCUT2D eigenvalue weighted by molar-refractivity contribution is 9.11. The largest absolute Gasteiger partial charge is 0.381 e. The van der Waals surface area contributed by atoms with Gasteiger partial charge in [-0.1, -0.05) is 6.07 Å². The Balaban J connectivity index is 1.69. The number of halogens is 1. The Kier molecular flexibility index (Phi) is 3.93. The first kappa shape index (κ1) is 13.5. The number of urea groups is 1. The molecule has 3 rings (SSSR count). The van der Waals surface area contributed by atoms with Gasteiger partial charge in [0, 0.05) is 31.0 Å². The predicted molar refractivity (Wildman–Crippen MR) is 86.5 cm³/mol. The monoisotopic (exact) mass is 351 g/mol. The van der Waals surface area contributed by atoms with Crippen LogP contribution in [0.1, 0.15) is 5.56 Å². The van der Waals surface area contributed by atoms with Crippen LogP contribution >= 0.6 is 27.3 Å². The maximum atomic E-state index is 11.7. The second kappa shape index (κ2) is 5.85. The number of carbonyl (C=O) groups is 1. The third-order valence-corrected chi connectivity index (χ3v) is 4.69. The molecule has 1 aromatic heterocycles. The molecule has 1 fully saturated rings. The summed E-state index contributed by atoms with van der Waals surface area (Å²) in [4.78, 5) is 13.4. The Hall–Kier alpha value is -1.53. The van der Waals surface area contributed by atoms with Gasteiger partial charge in [0.2, 0.25) is 0 Å². The minimum absolute atomic E-state index is 0.0242. The summed E-state index contributed by atoms with van der Waals surface area (Å²) < 4.78 is 1.14. The first-order valence-electron chi connectivity index (χ1n) is 6.34. The molecule has 0 aliphatic carbocycles. The molecular formula is C14H14BrN3OS. The van der Waals surface area contributed by atoms with Gasteiger partial charge in [-0.25, -0.2) is 4.79 Å². The second-order valence-corrected chi connectivity index (χ2v) is 6.84. The van der Waals surface area contributed by atoms with E-state index < -0.39 is 0 Å². The van der Waals surface area contributed by atoms with Gasteiger partial charge in [-0.2, -0.15) is 0 Å². The van der Waals surface area contributed by atoms with Crippen LogP contribution in [0.2, 0.25) is 0 Å². The van der Waals surface area contributed by atoms with Crippen LogP contribution in [-0.4, -0.2) is 19.1 Å². The van der Waals surface area contributed by atoms with Crippen LogP contribution in [-0.2, 0) is 6.54 Å². The van der Waals surface area contributed by atoms with Gasteiger partial charge in [0.15, 0.2) is 0 Å². The van der Waals surface area contributed by atoms with Crippen molar-refractivity contribution >= 4 is 44.7 Å². The number of hydrogen-bond donors (Lipinski definition) is 2. The van der Waals surface area contributed by atoms with E-state index in [0.29, 0.717) is 6.54 Å². The van der Waals surface area contributed by atoms with E-state index in [2.05, 4.69) is 38.0 Å². The lowest BCUT2D eigenvalue weighted by Crippen LogP contribution is -2.27. The minimum atomic E-state index is -0.0242. The molecule has 0 bridgehead atoms. The topological polar surface area (TPSA) is 44.4 Å². The normalized spacial score (nSPS) is 14.4. The van der Waals surface area contributed by atoms with Crippen molar-refractivity contribution in [1.82, 2.24) is 5.32 Å². The van der Waals surface area contributed by atoms with E-state index >= 15 is 0 Å². The summed E-state index contributed by atoms with van der Waals surface area (Å²) >= 11 is 5.14. The second-order valence-electron chi connectivity index (χ2n) is 4.55. The molecule has 2 amide bonds. The third kappa shape index (κ3) is 2.96. The van der Waals surface area contributed by atoms with Crippen molar-refractivity contribution in [2.75, 3.05) is 23.3 Å². The van der Waals surface area contributed by atoms with Crippen molar-refractivity contribution < 1.29 is 4.79 Å². The zero-order chi connectivity index (χ0) is 13.9. The number of carbonyl (C=O) groups excluding carboxylic acids is 1. The fourth-order valence-corrected chi connectivity index (χ4v) is 3.35. The first-order valence-corrected chi connectivity index (χ1v) is 8.02. The molecule has 104 valence electrons. The molecule has 1 aliphatic heterocycles. The van der Waals surface area contributed by atoms with Crippen molar-refractivity contribution in [3.05, 3.63) is 45.1 Å². The molecule has 0 unspecified atom stereocenters. The number of thiophene rings is 1. The Bertz CT molecular complexity index is 628. The van der Waals surface area contributed by atoms with Crippen molar-refractivity contribution in [2.45, 2.75) is 6.54 Å². The average Bonchev–Trinajstić information content (AvgIpc) is 3.05. The zero-order valence-electron chi connectivity index (χ0n) is 10.7. The van der Waals surface area contributed by atoms with Crippen LogP contribution in [0.4, 0.5) is 16.2 Å². The highest BCUT2D eigenvalue weighted by atomic mass is 79.9. The Morgan fingerprint density at radius 3 is 3.00 bits per heavy atom. The summed E-state index contributed by atoms with van der Waals surface area (Å²) in [6.07, 6.45) is 0. The van der Waals surface area contributed by atoms with Gasteiger partial charge in [0.1, 0.15) is 0 Å². The van der Waals surface area contributed by atoms with Crippen LogP contribution in [0, 0.1) is 0 Å². The van der Waals surface area contributed by atoms with Crippen molar-refractivity contribution in [2.24, 2.45) is 0 Å². The molecule has 1 aromatic carbocycles. The Labute approximate surface area is 129 Å². The van der Waals surface area contributed by atoms with E-state index in [1.807, 2.05) is 24.3 Å². The fraction of sp³-hybridized carbons (Fsp3) is 0.214. The molecule has 20 heavy (non-hydrogen) atoms. The van der Waals surface area contributed by atoms with Gasteiger partial charge in [-0.3, -0.25) is 4.90 Å². The molecule has 4 nitrogen and oxygen atoms in total. The van der Waals surface area contributed by atoms with Crippen LogP contribution in [0.3, 0.4) is 0 Å². The lowest BCUT2D eigenvalue weighted by molar-refractivity contribution is 0.252. The quantitative estimate of drug-likeness (QED) is 0.882.